The van der Waals surface area contributed by atoms with Crippen LogP contribution in [-0.4, -0.2) is 36.1 Å². The van der Waals surface area contributed by atoms with Crippen LogP contribution in [0.15, 0.2) is 48.5 Å². The Balaban J connectivity index is 1.91. The van der Waals surface area contributed by atoms with E-state index in [1.54, 1.807) is 18.2 Å². The lowest BCUT2D eigenvalue weighted by Gasteiger charge is -2.10. The van der Waals surface area contributed by atoms with Gasteiger partial charge in [0, 0.05) is 12.1 Å². The van der Waals surface area contributed by atoms with Crippen LogP contribution in [0.25, 0.3) is 6.08 Å². The van der Waals surface area contributed by atoms with Gasteiger partial charge in [0.15, 0.2) is 16.6 Å². The molecule has 2 aromatic rings. The molecular weight excluding hydrogens is 412 g/mol. The third-order valence-electron chi connectivity index (χ3n) is 3.71. The van der Waals surface area contributed by atoms with E-state index in [9.17, 15) is 19.7 Å². The number of amides is 2. The van der Waals surface area contributed by atoms with E-state index in [2.05, 4.69) is 16.2 Å². The fraction of sp³-hybridized carbons (Fsp3) is 0.105. The Bertz CT molecular complexity index is 1010. The molecule has 0 atom stereocenters. The second-order valence-corrected chi connectivity index (χ2v) is 6.03. The Labute approximate surface area is 177 Å². The molecule has 11 heteroatoms. The summed E-state index contributed by atoms with van der Waals surface area (Å²) in [6.07, 6.45) is 2.77. The van der Waals surface area contributed by atoms with E-state index in [0.29, 0.717) is 17.1 Å². The van der Waals surface area contributed by atoms with Crippen molar-refractivity contribution in [1.29, 1.82) is 0 Å². The fourth-order valence-corrected chi connectivity index (χ4v) is 2.47. The van der Waals surface area contributed by atoms with Gasteiger partial charge in [0.25, 0.3) is 11.6 Å². The topological polar surface area (TPSA) is 132 Å². The van der Waals surface area contributed by atoms with Crippen LogP contribution < -0.4 is 25.6 Å². The van der Waals surface area contributed by atoms with Gasteiger partial charge in [-0.1, -0.05) is 18.2 Å². The lowest BCUT2D eigenvalue weighted by atomic mass is 10.2. The number of nitro groups is 1. The van der Waals surface area contributed by atoms with Crippen molar-refractivity contribution in [1.82, 2.24) is 16.2 Å². The lowest BCUT2D eigenvalue weighted by molar-refractivity contribution is -0.385. The molecule has 0 saturated heterocycles. The van der Waals surface area contributed by atoms with Gasteiger partial charge in [-0.05, 0) is 42.1 Å². The molecule has 0 aliphatic heterocycles. The Morgan fingerprint density at radius 2 is 1.77 bits per heavy atom. The van der Waals surface area contributed by atoms with Crippen molar-refractivity contribution < 1.29 is 24.0 Å². The van der Waals surface area contributed by atoms with Gasteiger partial charge >= 0.3 is 0 Å². The number of para-hydroxylation sites is 1. The zero-order valence-electron chi connectivity index (χ0n) is 16.0. The highest BCUT2D eigenvalue weighted by atomic mass is 32.1. The van der Waals surface area contributed by atoms with Crippen LogP contribution in [0.4, 0.5) is 5.69 Å². The zero-order chi connectivity index (χ0) is 22.1. The van der Waals surface area contributed by atoms with Crippen molar-refractivity contribution in [2.24, 2.45) is 0 Å². The minimum atomic E-state index is -0.778. The summed E-state index contributed by atoms with van der Waals surface area (Å²) in [5.74, 6) is -0.268. The van der Waals surface area contributed by atoms with Crippen LogP contribution in [-0.2, 0) is 4.79 Å². The average molecular weight is 430 g/mol. The van der Waals surface area contributed by atoms with E-state index in [0.717, 1.165) is 0 Å². The number of nitrogens with one attached hydrogen (secondary N) is 3. The average Bonchev–Trinajstić information content (AvgIpc) is 2.75. The monoisotopic (exact) mass is 430 g/mol. The van der Waals surface area contributed by atoms with Crippen molar-refractivity contribution in [2.45, 2.75) is 0 Å². The molecule has 2 rings (SSSR count). The third kappa shape index (κ3) is 6.01. The van der Waals surface area contributed by atoms with Gasteiger partial charge in [0.05, 0.1) is 19.1 Å². The number of hydrazine groups is 1. The first-order valence-corrected chi connectivity index (χ1v) is 8.81. The Morgan fingerprint density at radius 3 is 2.43 bits per heavy atom. The van der Waals surface area contributed by atoms with E-state index < -0.39 is 16.7 Å². The van der Waals surface area contributed by atoms with Crippen molar-refractivity contribution in [3.8, 4) is 11.5 Å². The highest BCUT2D eigenvalue weighted by molar-refractivity contribution is 7.80. The molecule has 0 radical (unpaired) electrons. The number of carbonyl (C=O) groups excluding carboxylic acids is 2. The van der Waals surface area contributed by atoms with Crippen molar-refractivity contribution in [3.05, 3.63) is 69.8 Å². The molecule has 156 valence electrons. The van der Waals surface area contributed by atoms with Crippen LogP contribution in [0.2, 0.25) is 0 Å². The summed E-state index contributed by atoms with van der Waals surface area (Å²) in [6, 6.07) is 10.5. The molecule has 30 heavy (non-hydrogen) atoms. The number of hydrogen-bond acceptors (Lipinski definition) is 7. The summed E-state index contributed by atoms with van der Waals surface area (Å²) in [5.41, 5.74) is 4.69. The summed E-state index contributed by atoms with van der Waals surface area (Å²) in [7, 11) is 3.02. The van der Waals surface area contributed by atoms with Crippen molar-refractivity contribution in [3.63, 3.8) is 0 Å². The van der Waals surface area contributed by atoms with E-state index in [-0.39, 0.29) is 16.4 Å². The highest BCUT2D eigenvalue weighted by Crippen LogP contribution is 2.27. The third-order valence-corrected chi connectivity index (χ3v) is 3.91. The Morgan fingerprint density at radius 1 is 1.07 bits per heavy atom. The lowest BCUT2D eigenvalue weighted by Crippen LogP contribution is -2.48. The molecule has 0 unspecified atom stereocenters. The maximum Gasteiger partial charge on any atom is 0.282 e. The number of methoxy groups -OCH3 is 2. The molecule has 3 N–H and O–H groups in total. The first-order chi connectivity index (χ1) is 14.3. The molecule has 0 aliphatic carbocycles. The normalized spacial score (nSPS) is 10.2. The fourth-order valence-electron chi connectivity index (χ4n) is 2.32. The number of nitrogens with zero attached hydrogens (tertiary/aromatic N) is 1. The molecular formula is C19H18N4O6S. The van der Waals surface area contributed by atoms with Crippen LogP contribution in [0.1, 0.15) is 15.9 Å². The van der Waals surface area contributed by atoms with Gasteiger partial charge in [-0.3, -0.25) is 35.9 Å². The largest absolute Gasteiger partial charge is 0.493 e. The maximum atomic E-state index is 12.1. The van der Waals surface area contributed by atoms with E-state index in [1.807, 2.05) is 0 Å². The van der Waals surface area contributed by atoms with E-state index in [1.165, 1.54) is 50.6 Å². The molecule has 0 bridgehead atoms. The molecule has 0 heterocycles. The van der Waals surface area contributed by atoms with Crippen LogP contribution in [0, 0.1) is 10.1 Å². The molecule has 0 fully saturated rings. The first-order valence-electron chi connectivity index (χ1n) is 8.40. The summed E-state index contributed by atoms with van der Waals surface area (Å²) in [5, 5.41) is 13.1. The molecule has 0 aromatic heterocycles. The minimum Gasteiger partial charge on any atom is -0.493 e. The highest BCUT2D eigenvalue weighted by Gasteiger charge is 2.19. The smallest absolute Gasteiger partial charge is 0.282 e. The molecule has 2 aromatic carbocycles. The number of benzene rings is 2. The second-order valence-electron chi connectivity index (χ2n) is 5.62. The number of carbonyl (C=O) groups is 2. The second kappa shape index (κ2) is 10.5. The minimum absolute atomic E-state index is 0.155. The van der Waals surface area contributed by atoms with E-state index in [4.69, 9.17) is 21.7 Å². The van der Waals surface area contributed by atoms with Crippen molar-refractivity contribution in [2.75, 3.05) is 14.2 Å². The van der Waals surface area contributed by atoms with Crippen LogP contribution in [0.3, 0.4) is 0 Å². The van der Waals surface area contributed by atoms with E-state index >= 15 is 0 Å². The summed E-state index contributed by atoms with van der Waals surface area (Å²) >= 11 is 4.92. The predicted molar refractivity (Wildman–Crippen MR) is 113 cm³/mol. The zero-order valence-corrected chi connectivity index (χ0v) is 16.8. The van der Waals surface area contributed by atoms with Gasteiger partial charge in [0.2, 0.25) is 5.91 Å². The summed E-state index contributed by atoms with van der Waals surface area (Å²) in [6.45, 7) is 0. The number of thiocarbonyl (C=S) groups is 1. The summed E-state index contributed by atoms with van der Waals surface area (Å²) in [4.78, 5) is 34.4. The van der Waals surface area contributed by atoms with Gasteiger partial charge < -0.3 is 9.47 Å². The molecule has 2 amide bonds. The SMILES string of the molecule is COc1ccc(C=CC(=O)NC(=S)NNC(=O)c2ccccc2[N+](=O)[O-])cc1OC. The molecule has 0 saturated carbocycles. The van der Waals surface area contributed by atoms with Gasteiger partial charge in [-0.15, -0.1) is 0 Å². The Hall–Kier alpha value is -3.99. The number of hydrogen-bond donors (Lipinski definition) is 3. The molecule has 0 aliphatic rings. The van der Waals surface area contributed by atoms with Crippen molar-refractivity contribution >= 4 is 40.9 Å². The number of ether oxygens (including phenoxy) is 2. The number of rotatable bonds is 6. The summed E-state index contributed by atoms with van der Waals surface area (Å²) < 4.78 is 10.3. The quantitative estimate of drug-likeness (QED) is 0.274. The van der Waals surface area contributed by atoms with Crippen LogP contribution in [0.5, 0.6) is 11.5 Å². The molecule has 0 spiro atoms. The van der Waals surface area contributed by atoms with Crippen LogP contribution >= 0.6 is 12.2 Å². The Kier molecular flexibility index (Phi) is 7.82. The van der Waals surface area contributed by atoms with Gasteiger partial charge in [-0.2, -0.15) is 0 Å². The standard InChI is InChI=1S/C19H18N4O6S/c1-28-15-9-7-12(11-16(15)29-2)8-10-17(24)20-19(30)22-21-18(25)13-5-3-4-6-14(13)23(26)27/h3-11H,1-2H3,(H,21,25)(H2,20,22,24,30). The predicted octanol–water partition coefficient (Wildman–Crippen LogP) is 1.96. The first kappa shape index (κ1) is 22.3. The number of nitro benzene ring substituents is 1. The van der Waals surface area contributed by atoms with Gasteiger partial charge in [-0.25, -0.2) is 0 Å². The molecule has 10 nitrogen and oxygen atoms in total. The van der Waals surface area contributed by atoms with Gasteiger partial charge in [0.1, 0.15) is 5.56 Å². The maximum absolute atomic E-state index is 12.1.